The number of nitrogens with zero attached hydrogens (tertiary/aromatic N) is 4. The number of hydrogen-bond donors (Lipinski definition) is 2. The minimum Gasteiger partial charge on any atom is -0.481 e. The molecule has 4 aromatic rings. The number of anilines is 1. The topological polar surface area (TPSA) is 89.8 Å². The molecule has 0 saturated carbocycles. The smallest absolute Gasteiger partial charge is 0.307 e. The van der Waals surface area contributed by atoms with E-state index < -0.39 is 11.6 Å². The summed E-state index contributed by atoms with van der Waals surface area (Å²) in [5.74, 6) is 0.115. The molecule has 5 rings (SSSR count). The molecule has 2 aromatic heterocycles. The molecule has 0 radical (unpaired) electrons. The summed E-state index contributed by atoms with van der Waals surface area (Å²) in [7, 11) is 0. The molecular weight excluding hydrogens is 556 g/mol. The van der Waals surface area contributed by atoms with Crippen LogP contribution in [0.4, 0.5) is 5.82 Å². The second-order valence-corrected chi connectivity index (χ2v) is 13.1. The van der Waals surface area contributed by atoms with Crippen molar-refractivity contribution >= 4 is 44.9 Å². The Bertz CT molecular complexity index is 1500. The Labute approximate surface area is 251 Å². The molecule has 1 aliphatic rings. The number of thiazole rings is 1. The van der Waals surface area contributed by atoms with Gasteiger partial charge < -0.3 is 15.1 Å². The number of rotatable bonds is 6. The van der Waals surface area contributed by atoms with Gasteiger partial charge in [0.1, 0.15) is 10.8 Å². The highest BCUT2D eigenvalue weighted by molar-refractivity contribution is 7.22. The Morgan fingerprint density at radius 1 is 1.05 bits per heavy atom. The van der Waals surface area contributed by atoms with Gasteiger partial charge in [-0.05, 0) is 88.6 Å². The highest BCUT2D eigenvalue weighted by Crippen LogP contribution is 2.41. The lowest BCUT2D eigenvalue weighted by molar-refractivity contribution is -0.136. The van der Waals surface area contributed by atoms with Gasteiger partial charge in [-0.25, -0.2) is 9.97 Å². The average molecular weight is 595 g/mol. The molecule has 1 fully saturated rings. The molecule has 218 valence electrons. The van der Waals surface area contributed by atoms with Crippen molar-refractivity contribution in [3.05, 3.63) is 64.8 Å². The van der Waals surface area contributed by atoms with Crippen LogP contribution in [-0.4, -0.2) is 68.9 Å². The summed E-state index contributed by atoms with van der Waals surface area (Å²) in [6.45, 7) is 15.6. The second-order valence-electron chi connectivity index (χ2n) is 11.7. The van der Waals surface area contributed by atoms with Crippen molar-refractivity contribution in [3.8, 4) is 21.7 Å². The largest absolute Gasteiger partial charge is 0.481 e. The molecule has 0 aliphatic carbocycles. The minimum atomic E-state index is -0.853. The van der Waals surface area contributed by atoms with E-state index in [0.29, 0.717) is 11.1 Å². The van der Waals surface area contributed by atoms with E-state index in [2.05, 4.69) is 34.7 Å². The fourth-order valence-electron chi connectivity index (χ4n) is 4.85. The summed E-state index contributed by atoms with van der Waals surface area (Å²) in [6, 6.07) is 14.2. The Kier molecular flexibility index (Phi) is 9.70. The number of aryl methyl sites for hydroxylation is 1. The van der Waals surface area contributed by atoms with E-state index in [1.54, 1.807) is 32.1 Å². The Balaban J connectivity index is 0.000000714. The fraction of sp³-hybridized carbons (Fsp3) is 0.406. The van der Waals surface area contributed by atoms with Crippen molar-refractivity contribution in [1.29, 1.82) is 0 Å². The van der Waals surface area contributed by atoms with Crippen LogP contribution < -0.4 is 4.90 Å². The zero-order valence-electron chi connectivity index (χ0n) is 24.6. The van der Waals surface area contributed by atoms with E-state index in [4.69, 9.17) is 21.7 Å². The van der Waals surface area contributed by atoms with E-state index >= 15 is 0 Å². The van der Waals surface area contributed by atoms with Crippen LogP contribution in [0.15, 0.2) is 48.7 Å². The lowest BCUT2D eigenvalue weighted by atomic mass is 9.93. The van der Waals surface area contributed by atoms with Gasteiger partial charge in [-0.15, -0.1) is 11.3 Å². The summed E-state index contributed by atoms with van der Waals surface area (Å²) < 4.78 is 0.984. The minimum absolute atomic E-state index is 0.0469. The van der Waals surface area contributed by atoms with Gasteiger partial charge in [0.15, 0.2) is 0 Å². The molecule has 2 aromatic carbocycles. The van der Waals surface area contributed by atoms with Crippen molar-refractivity contribution < 1.29 is 15.0 Å². The van der Waals surface area contributed by atoms with Crippen LogP contribution in [-0.2, 0) is 11.2 Å². The number of piperazine rings is 1. The molecule has 41 heavy (non-hydrogen) atoms. The monoisotopic (exact) mass is 594 g/mol. The van der Waals surface area contributed by atoms with Crippen LogP contribution in [0, 0.1) is 6.92 Å². The van der Waals surface area contributed by atoms with Crippen molar-refractivity contribution in [3.63, 3.8) is 0 Å². The summed E-state index contributed by atoms with van der Waals surface area (Å²) in [5.41, 5.74) is 4.99. The maximum atomic E-state index is 11.7. The second kappa shape index (κ2) is 12.9. The van der Waals surface area contributed by atoms with Crippen molar-refractivity contribution in [2.24, 2.45) is 0 Å². The predicted octanol–water partition coefficient (Wildman–Crippen LogP) is 6.92. The molecule has 0 unspecified atom stereocenters. The number of carboxylic acid groups (broad SMARTS) is 1. The van der Waals surface area contributed by atoms with E-state index in [-0.39, 0.29) is 6.42 Å². The maximum absolute atomic E-state index is 11.7. The summed E-state index contributed by atoms with van der Waals surface area (Å²) >= 11 is 7.74. The lowest BCUT2D eigenvalue weighted by Gasteiger charge is -2.37. The average Bonchev–Trinajstić information content (AvgIpc) is 3.32. The van der Waals surface area contributed by atoms with Crippen LogP contribution in [0.3, 0.4) is 0 Å². The maximum Gasteiger partial charge on any atom is 0.307 e. The molecule has 0 spiro atoms. The number of benzene rings is 2. The van der Waals surface area contributed by atoms with Crippen LogP contribution >= 0.6 is 22.9 Å². The predicted molar refractivity (Wildman–Crippen MR) is 170 cm³/mol. The molecule has 3 heterocycles. The first kappa shape index (κ1) is 30.9. The molecule has 7 nitrogen and oxygen atoms in total. The lowest BCUT2D eigenvalue weighted by Crippen LogP contribution is -2.49. The fourth-order valence-corrected chi connectivity index (χ4v) is 6.11. The van der Waals surface area contributed by atoms with E-state index in [9.17, 15) is 9.90 Å². The first-order valence-corrected chi connectivity index (χ1v) is 15.1. The number of aromatic nitrogens is 2. The number of aliphatic carboxylic acids is 1. The first-order valence-electron chi connectivity index (χ1n) is 13.9. The van der Waals surface area contributed by atoms with Gasteiger partial charge in [-0.2, -0.15) is 0 Å². The third-order valence-electron chi connectivity index (χ3n) is 6.83. The third-order valence-corrected chi connectivity index (χ3v) is 8.22. The van der Waals surface area contributed by atoms with Gasteiger partial charge in [-0.3, -0.25) is 9.69 Å². The van der Waals surface area contributed by atoms with Crippen LogP contribution in [0.5, 0.6) is 0 Å². The van der Waals surface area contributed by atoms with Crippen LogP contribution in [0.2, 0.25) is 5.02 Å². The van der Waals surface area contributed by atoms with Gasteiger partial charge >= 0.3 is 5.97 Å². The summed E-state index contributed by atoms with van der Waals surface area (Å²) in [5, 5.41) is 19.7. The Morgan fingerprint density at radius 3 is 2.27 bits per heavy atom. The Hall–Kier alpha value is -3.04. The van der Waals surface area contributed by atoms with Crippen molar-refractivity contribution in [2.45, 2.75) is 59.6 Å². The van der Waals surface area contributed by atoms with E-state index in [1.807, 2.05) is 49.5 Å². The van der Waals surface area contributed by atoms with E-state index in [1.165, 1.54) is 0 Å². The molecule has 2 N–H and O–H groups in total. The van der Waals surface area contributed by atoms with Crippen molar-refractivity contribution in [1.82, 2.24) is 14.9 Å². The zero-order chi connectivity index (χ0) is 29.9. The summed E-state index contributed by atoms with van der Waals surface area (Å²) in [4.78, 5) is 26.2. The highest BCUT2D eigenvalue weighted by Gasteiger charge is 2.22. The number of fused-ring (bicyclic) bond motifs is 1. The van der Waals surface area contributed by atoms with Crippen LogP contribution in [0.25, 0.3) is 31.9 Å². The molecule has 0 amide bonds. The standard InChI is InChI=1S/C28H29ClN4O2S.C4H10O/c1-17(2)32-10-12-33(13-11-32)24-15-20(8-9-30-24)28-31-23-14-18(3)22(16-25(34)35)26(27(23)36-28)19-4-6-21(29)7-5-19;1-4(2,3)5/h4-9,14-15,17H,10-13,16H2,1-3H3,(H,34,35);5H,1-3H3. The third kappa shape index (κ3) is 8.04. The normalized spacial score (nSPS) is 14.3. The molecular formula is C32H39ClN4O3S. The number of aliphatic hydroxyl groups is 1. The van der Waals surface area contributed by atoms with Gasteiger partial charge in [0, 0.05) is 54.6 Å². The summed E-state index contributed by atoms with van der Waals surface area (Å²) in [6.07, 6.45) is 1.81. The number of carboxylic acids is 1. The van der Waals surface area contributed by atoms with Gasteiger partial charge in [0.25, 0.3) is 0 Å². The quantitative estimate of drug-likeness (QED) is 0.250. The zero-order valence-corrected chi connectivity index (χ0v) is 26.2. The molecule has 0 atom stereocenters. The first-order chi connectivity index (χ1) is 19.3. The van der Waals surface area contributed by atoms with Crippen molar-refractivity contribution in [2.75, 3.05) is 31.1 Å². The molecule has 1 saturated heterocycles. The van der Waals surface area contributed by atoms with E-state index in [0.717, 1.165) is 75.0 Å². The van der Waals surface area contributed by atoms with Crippen LogP contribution in [0.1, 0.15) is 45.7 Å². The number of halogens is 1. The number of carbonyl (C=O) groups is 1. The molecule has 9 heteroatoms. The molecule has 1 aliphatic heterocycles. The van der Waals surface area contributed by atoms with Gasteiger partial charge in [0.05, 0.1) is 22.2 Å². The molecule has 0 bridgehead atoms. The number of hydrogen-bond acceptors (Lipinski definition) is 7. The van der Waals surface area contributed by atoms with Gasteiger partial charge in [-0.1, -0.05) is 23.7 Å². The Morgan fingerprint density at radius 2 is 1.68 bits per heavy atom. The highest BCUT2D eigenvalue weighted by atomic mass is 35.5. The number of pyridine rings is 1. The van der Waals surface area contributed by atoms with Gasteiger partial charge in [0.2, 0.25) is 0 Å². The SMILES string of the molecule is CC(C)(C)O.Cc1cc2nc(-c3ccnc(N4CCN(C(C)C)CC4)c3)sc2c(-c2ccc(Cl)cc2)c1CC(=O)O.